The zero-order valence-electron chi connectivity index (χ0n) is 12.7. The van der Waals surface area contributed by atoms with Crippen molar-refractivity contribution in [2.24, 2.45) is 0 Å². The topological polar surface area (TPSA) is 62.3 Å². The number of aromatic nitrogens is 1. The zero-order valence-corrected chi connectivity index (χ0v) is 13.5. The molecule has 1 N–H and O–H groups in total. The highest BCUT2D eigenvalue weighted by Gasteiger charge is 2.16. The summed E-state index contributed by atoms with van der Waals surface area (Å²) in [6.45, 7) is 5.14. The van der Waals surface area contributed by atoms with E-state index in [1.165, 1.54) is 11.3 Å². The lowest BCUT2D eigenvalue weighted by atomic mass is 10.1. The third kappa shape index (κ3) is 4.14. The van der Waals surface area contributed by atoms with Crippen LogP contribution >= 0.6 is 11.3 Å². The van der Waals surface area contributed by atoms with Crippen molar-refractivity contribution in [3.8, 4) is 0 Å². The van der Waals surface area contributed by atoms with Gasteiger partial charge in [-0.3, -0.25) is 9.59 Å². The number of anilines is 1. The van der Waals surface area contributed by atoms with E-state index in [-0.39, 0.29) is 11.8 Å². The summed E-state index contributed by atoms with van der Waals surface area (Å²) in [4.78, 5) is 30.0. The monoisotopic (exact) mass is 317 g/mol. The highest BCUT2D eigenvalue weighted by atomic mass is 32.1. The molecular weight excluding hydrogens is 298 g/mol. The summed E-state index contributed by atoms with van der Waals surface area (Å²) >= 11 is 1.26. The summed E-state index contributed by atoms with van der Waals surface area (Å²) < 4.78 is 0. The fraction of sp³-hybridized carbons (Fsp3) is 0.312. The van der Waals surface area contributed by atoms with E-state index < -0.39 is 0 Å². The lowest BCUT2D eigenvalue weighted by Gasteiger charge is -2.16. The predicted octanol–water partition coefficient (Wildman–Crippen LogP) is 2.81. The van der Waals surface area contributed by atoms with Crippen molar-refractivity contribution in [1.82, 2.24) is 9.88 Å². The largest absolute Gasteiger partial charge is 0.338 e. The minimum atomic E-state index is -0.137. The molecule has 0 aliphatic rings. The summed E-state index contributed by atoms with van der Waals surface area (Å²) in [7, 11) is 0. The molecule has 0 spiro atoms. The van der Waals surface area contributed by atoms with Crippen molar-refractivity contribution < 1.29 is 9.59 Å². The molecule has 0 saturated heterocycles. The third-order valence-electron chi connectivity index (χ3n) is 3.23. The number of benzene rings is 1. The van der Waals surface area contributed by atoms with Crippen LogP contribution in [0.5, 0.6) is 0 Å². The minimum Gasteiger partial charge on any atom is -0.338 e. The molecule has 0 aliphatic carbocycles. The first-order chi connectivity index (χ1) is 10.6. The molecule has 2 rings (SSSR count). The minimum absolute atomic E-state index is 0.107. The Morgan fingerprint density at radius 1 is 1.18 bits per heavy atom. The van der Waals surface area contributed by atoms with Crippen molar-refractivity contribution in [3.63, 3.8) is 0 Å². The van der Waals surface area contributed by atoms with Gasteiger partial charge in [0, 0.05) is 18.5 Å². The van der Waals surface area contributed by atoms with Gasteiger partial charge in [0.2, 0.25) is 5.91 Å². The van der Waals surface area contributed by atoms with Gasteiger partial charge in [-0.05, 0) is 19.4 Å². The summed E-state index contributed by atoms with van der Waals surface area (Å²) in [5, 5.41) is 4.87. The smallest absolute Gasteiger partial charge is 0.273 e. The van der Waals surface area contributed by atoms with Gasteiger partial charge in [0.25, 0.3) is 5.91 Å². The number of amides is 2. The Hall–Kier alpha value is -2.21. The number of carbonyl (C=O) groups is 2. The second-order valence-electron chi connectivity index (χ2n) is 4.73. The Labute approximate surface area is 134 Å². The van der Waals surface area contributed by atoms with E-state index in [0.717, 1.165) is 5.56 Å². The van der Waals surface area contributed by atoms with Crippen molar-refractivity contribution in [2.45, 2.75) is 20.3 Å². The first kappa shape index (κ1) is 16.2. The van der Waals surface area contributed by atoms with Gasteiger partial charge in [-0.25, -0.2) is 4.98 Å². The molecule has 2 aromatic rings. The van der Waals surface area contributed by atoms with Gasteiger partial charge in [0.15, 0.2) is 5.13 Å². The van der Waals surface area contributed by atoms with Crippen LogP contribution in [0.1, 0.15) is 29.9 Å². The normalized spacial score (nSPS) is 10.3. The van der Waals surface area contributed by atoms with Crippen molar-refractivity contribution in [1.29, 1.82) is 0 Å². The molecule has 1 aromatic carbocycles. The van der Waals surface area contributed by atoms with Crippen LogP contribution in [0.25, 0.3) is 0 Å². The molecular formula is C16H19N3O2S. The average Bonchev–Trinajstić information content (AvgIpc) is 2.97. The standard InChI is InChI=1S/C16H19N3O2S/c1-3-19(4-2)15(21)13-11-22-16(17-13)18-14(20)10-12-8-6-5-7-9-12/h5-9,11H,3-4,10H2,1-2H3,(H,17,18,20). The molecule has 2 amide bonds. The van der Waals surface area contributed by atoms with Gasteiger partial charge in [-0.15, -0.1) is 11.3 Å². The molecule has 0 unspecified atom stereocenters. The fourth-order valence-electron chi connectivity index (χ4n) is 2.05. The highest BCUT2D eigenvalue weighted by molar-refractivity contribution is 7.14. The van der Waals surface area contributed by atoms with E-state index in [1.807, 2.05) is 44.2 Å². The number of hydrogen-bond acceptors (Lipinski definition) is 4. The van der Waals surface area contributed by atoms with Crippen LogP contribution in [0.4, 0.5) is 5.13 Å². The van der Waals surface area contributed by atoms with Crippen LogP contribution < -0.4 is 5.32 Å². The molecule has 0 radical (unpaired) electrons. The van der Waals surface area contributed by atoms with Crippen LogP contribution in [0.3, 0.4) is 0 Å². The lowest BCUT2D eigenvalue weighted by Crippen LogP contribution is -2.30. The summed E-state index contributed by atoms with van der Waals surface area (Å²) in [6.07, 6.45) is 0.291. The van der Waals surface area contributed by atoms with Crippen molar-refractivity contribution >= 4 is 28.3 Å². The van der Waals surface area contributed by atoms with E-state index in [4.69, 9.17) is 0 Å². The van der Waals surface area contributed by atoms with E-state index in [1.54, 1.807) is 10.3 Å². The first-order valence-corrected chi connectivity index (χ1v) is 8.10. The van der Waals surface area contributed by atoms with Crippen LogP contribution in [0.2, 0.25) is 0 Å². The predicted molar refractivity (Wildman–Crippen MR) is 88.1 cm³/mol. The Bertz CT molecular complexity index is 636. The van der Waals surface area contributed by atoms with Crippen LogP contribution in [0.15, 0.2) is 35.7 Å². The van der Waals surface area contributed by atoms with Crippen LogP contribution in [-0.4, -0.2) is 34.8 Å². The van der Waals surface area contributed by atoms with E-state index in [0.29, 0.717) is 30.3 Å². The number of rotatable bonds is 6. The first-order valence-electron chi connectivity index (χ1n) is 7.22. The maximum atomic E-state index is 12.2. The number of carbonyl (C=O) groups excluding carboxylic acids is 2. The zero-order chi connectivity index (χ0) is 15.9. The van der Waals surface area contributed by atoms with Gasteiger partial charge >= 0.3 is 0 Å². The van der Waals surface area contributed by atoms with Gasteiger partial charge in [0.05, 0.1) is 6.42 Å². The van der Waals surface area contributed by atoms with Gasteiger partial charge in [-0.1, -0.05) is 30.3 Å². The highest BCUT2D eigenvalue weighted by Crippen LogP contribution is 2.17. The number of thiazole rings is 1. The number of nitrogens with zero attached hydrogens (tertiary/aromatic N) is 2. The molecule has 0 saturated carbocycles. The Morgan fingerprint density at radius 2 is 1.86 bits per heavy atom. The molecule has 22 heavy (non-hydrogen) atoms. The number of nitrogens with one attached hydrogen (secondary N) is 1. The lowest BCUT2D eigenvalue weighted by molar-refractivity contribution is -0.115. The number of hydrogen-bond donors (Lipinski definition) is 1. The van der Waals surface area contributed by atoms with E-state index in [9.17, 15) is 9.59 Å². The van der Waals surface area contributed by atoms with Crippen molar-refractivity contribution in [2.75, 3.05) is 18.4 Å². The SMILES string of the molecule is CCN(CC)C(=O)c1csc(NC(=O)Cc2ccccc2)n1. The molecule has 1 aromatic heterocycles. The summed E-state index contributed by atoms with van der Waals surface area (Å²) in [5.41, 5.74) is 1.32. The molecule has 0 atom stereocenters. The summed E-state index contributed by atoms with van der Waals surface area (Å²) in [5.74, 6) is -0.243. The molecule has 5 nitrogen and oxygen atoms in total. The van der Waals surface area contributed by atoms with Gasteiger partial charge in [-0.2, -0.15) is 0 Å². The third-order valence-corrected chi connectivity index (χ3v) is 3.99. The molecule has 6 heteroatoms. The van der Waals surface area contributed by atoms with Crippen LogP contribution in [-0.2, 0) is 11.2 Å². The van der Waals surface area contributed by atoms with Gasteiger partial charge < -0.3 is 10.2 Å². The fourth-order valence-corrected chi connectivity index (χ4v) is 2.75. The molecule has 0 aliphatic heterocycles. The Balaban J connectivity index is 1.97. The van der Waals surface area contributed by atoms with E-state index >= 15 is 0 Å². The molecule has 0 fully saturated rings. The van der Waals surface area contributed by atoms with E-state index in [2.05, 4.69) is 10.3 Å². The maximum Gasteiger partial charge on any atom is 0.273 e. The maximum absolute atomic E-state index is 12.2. The Kier molecular flexibility index (Phi) is 5.66. The second kappa shape index (κ2) is 7.70. The van der Waals surface area contributed by atoms with Crippen LogP contribution in [0, 0.1) is 0 Å². The second-order valence-corrected chi connectivity index (χ2v) is 5.58. The summed E-state index contributed by atoms with van der Waals surface area (Å²) in [6, 6.07) is 9.50. The molecule has 0 bridgehead atoms. The van der Waals surface area contributed by atoms with Crippen molar-refractivity contribution in [3.05, 3.63) is 47.0 Å². The molecule has 116 valence electrons. The quantitative estimate of drug-likeness (QED) is 0.891. The van der Waals surface area contributed by atoms with Gasteiger partial charge in [0.1, 0.15) is 5.69 Å². The molecule has 1 heterocycles. The average molecular weight is 317 g/mol. The Morgan fingerprint density at radius 3 is 2.50 bits per heavy atom.